The van der Waals surface area contributed by atoms with E-state index in [-0.39, 0.29) is 17.2 Å². The maximum atomic E-state index is 12.1. The van der Waals surface area contributed by atoms with Gasteiger partial charge in [-0.3, -0.25) is 4.79 Å². The van der Waals surface area contributed by atoms with E-state index >= 15 is 0 Å². The second-order valence-electron chi connectivity index (χ2n) is 15.1. The molecule has 0 amide bonds. The molecule has 0 saturated carbocycles. The number of Topliss-reactive ketones (excluding diaryl/α,β-unsaturated/α-hetero) is 1. The van der Waals surface area contributed by atoms with Crippen LogP contribution in [0, 0.1) is 5.41 Å². The lowest BCUT2D eigenvalue weighted by Gasteiger charge is -2.40. The number of hydrogen-bond acceptors (Lipinski definition) is 6. The Bertz CT molecular complexity index is 1160. The van der Waals surface area contributed by atoms with E-state index in [0.717, 1.165) is 32.5 Å². The summed E-state index contributed by atoms with van der Waals surface area (Å²) in [6, 6.07) is 18.0. The maximum Gasteiger partial charge on any atom is 0.306 e. The van der Waals surface area contributed by atoms with Gasteiger partial charge in [-0.05, 0) is 62.3 Å². The van der Waals surface area contributed by atoms with Crippen LogP contribution in [0.4, 0.5) is 22.7 Å². The standard InChI is InChI=1S/C43H68N2O4/c1-37(46)35-43(2,3)36-42(47)49-34-26-18-14-10-6-8-12-16-24-32-45-40-29-21-19-27-38(40)44(39-28-20-22-30-41(39)45)31-23-15-11-7-5-9-13-17-25-33-48-4/h19-22,27-30H,5-18,23-26,31-36H2,1-4H3. The van der Waals surface area contributed by atoms with Crippen LogP contribution in [0.15, 0.2) is 48.5 Å². The van der Waals surface area contributed by atoms with Gasteiger partial charge in [0.25, 0.3) is 0 Å². The molecule has 0 spiro atoms. The van der Waals surface area contributed by atoms with Crippen molar-refractivity contribution in [1.29, 1.82) is 0 Å². The Morgan fingerprint density at radius 2 is 0.878 bits per heavy atom. The van der Waals surface area contributed by atoms with Crippen LogP contribution in [-0.4, -0.2) is 45.2 Å². The summed E-state index contributed by atoms with van der Waals surface area (Å²) in [5.74, 6) is -0.0667. The van der Waals surface area contributed by atoms with Gasteiger partial charge in [-0.1, -0.05) is 128 Å². The van der Waals surface area contributed by atoms with Crippen molar-refractivity contribution in [3.63, 3.8) is 0 Å². The summed E-state index contributed by atoms with van der Waals surface area (Å²) < 4.78 is 10.6. The molecule has 6 nitrogen and oxygen atoms in total. The number of nitrogens with zero attached hydrogens (tertiary/aromatic N) is 2. The van der Waals surface area contributed by atoms with Crippen molar-refractivity contribution in [2.75, 3.05) is 43.2 Å². The molecule has 0 atom stereocenters. The summed E-state index contributed by atoms with van der Waals surface area (Å²) in [7, 11) is 1.79. The topological polar surface area (TPSA) is 59.1 Å². The van der Waals surface area contributed by atoms with Crippen molar-refractivity contribution >= 4 is 34.5 Å². The average Bonchev–Trinajstić information content (AvgIpc) is 3.07. The number of ketones is 1. The predicted octanol–water partition coefficient (Wildman–Crippen LogP) is 11.9. The molecule has 274 valence electrons. The molecule has 1 aliphatic heterocycles. The largest absolute Gasteiger partial charge is 0.466 e. The smallest absolute Gasteiger partial charge is 0.306 e. The molecule has 1 heterocycles. The number of fused-ring (bicyclic) bond motifs is 2. The van der Waals surface area contributed by atoms with Gasteiger partial charge in [-0.25, -0.2) is 0 Å². The zero-order valence-corrected chi connectivity index (χ0v) is 31.6. The summed E-state index contributed by atoms with van der Waals surface area (Å²) in [5.41, 5.74) is 5.07. The monoisotopic (exact) mass is 677 g/mol. The summed E-state index contributed by atoms with van der Waals surface area (Å²) in [6.07, 6.45) is 23.3. The Balaban J connectivity index is 1.30. The van der Waals surface area contributed by atoms with E-state index < -0.39 is 0 Å². The molecular formula is C43H68N2O4. The van der Waals surface area contributed by atoms with Gasteiger partial charge in [0, 0.05) is 33.2 Å². The molecule has 3 rings (SSSR count). The predicted molar refractivity (Wildman–Crippen MR) is 207 cm³/mol. The van der Waals surface area contributed by atoms with Crippen LogP contribution in [-0.2, 0) is 19.1 Å². The normalized spacial score (nSPS) is 12.6. The number of esters is 1. The number of para-hydroxylation sites is 4. The summed E-state index contributed by atoms with van der Waals surface area (Å²) in [6.45, 7) is 9.00. The molecule has 6 heteroatoms. The Hall–Kier alpha value is -2.86. The van der Waals surface area contributed by atoms with E-state index in [1.165, 1.54) is 125 Å². The van der Waals surface area contributed by atoms with Crippen molar-refractivity contribution in [3.05, 3.63) is 48.5 Å². The first-order valence-electron chi connectivity index (χ1n) is 19.7. The van der Waals surface area contributed by atoms with Crippen LogP contribution in [0.5, 0.6) is 0 Å². The van der Waals surface area contributed by atoms with Gasteiger partial charge in [0.05, 0.1) is 35.8 Å². The molecule has 2 aromatic carbocycles. The van der Waals surface area contributed by atoms with Crippen molar-refractivity contribution in [3.8, 4) is 0 Å². The van der Waals surface area contributed by atoms with Crippen molar-refractivity contribution < 1.29 is 19.1 Å². The molecule has 1 aliphatic rings. The van der Waals surface area contributed by atoms with Gasteiger partial charge in [0.15, 0.2) is 0 Å². The number of rotatable bonds is 28. The minimum absolute atomic E-state index is 0.117. The third-order valence-corrected chi connectivity index (χ3v) is 9.80. The maximum absolute atomic E-state index is 12.1. The number of benzene rings is 2. The molecule has 0 radical (unpaired) electrons. The van der Waals surface area contributed by atoms with Gasteiger partial charge in [-0.15, -0.1) is 0 Å². The zero-order valence-electron chi connectivity index (χ0n) is 31.6. The molecule has 0 saturated heterocycles. The molecule has 0 bridgehead atoms. The average molecular weight is 677 g/mol. The first-order valence-corrected chi connectivity index (χ1v) is 19.7. The van der Waals surface area contributed by atoms with Crippen molar-refractivity contribution in [2.24, 2.45) is 5.41 Å². The van der Waals surface area contributed by atoms with Crippen LogP contribution in [0.1, 0.15) is 149 Å². The number of unbranched alkanes of at least 4 members (excludes halogenated alkanes) is 16. The first-order chi connectivity index (χ1) is 23.8. The van der Waals surface area contributed by atoms with Crippen molar-refractivity contribution in [2.45, 2.75) is 149 Å². The number of hydrogen-bond donors (Lipinski definition) is 0. The van der Waals surface area contributed by atoms with Gasteiger partial charge in [-0.2, -0.15) is 0 Å². The quantitative estimate of drug-likeness (QED) is 0.0660. The fourth-order valence-corrected chi connectivity index (χ4v) is 7.31. The molecule has 49 heavy (non-hydrogen) atoms. The lowest BCUT2D eigenvalue weighted by Crippen LogP contribution is -2.30. The van der Waals surface area contributed by atoms with E-state index in [2.05, 4.69) is 58.3 Å². The van der Waals surface area contributed by atoms with Gasteiger partial charge in [0.1, 0.15) is 5.78 Å². The highest BCUT2D eigenvalue weighted by Gasteiger charge is 2.27. The van der Waals surface area contributed by atoms with Gasteiger partial charge >= 0.3 is 5.97 Å². The molecular weight excluding hydrogens is 608 g/mol. The molecule has 0 unspecified atom stereocenters. The molecule has 0 aliphatic carbocycles. The van der Waals surface area contributed by atoms with Crippen LogP contribution >= 0.6 is 0 Å². The van der Waals surface area contributed by atoms with Crippen molar-refractivity contribution in [1.82, 2.24) is 0 Å². The highest BCUT2D eigenvalue weighted by Crippen LogP contribution is 2.47. The van der Waals surface area contributed by atoms with Gasteiger partial charge in [0.2, 0.25) is 0 Å². The lowest BCUT2D eigenvalue weighted by atomic mass is 9.84. The van der Waals surface area contributed by atoms with E-state index in [1.54, 1.807) is 14.0 Å². The number of carbonyl (C=O) groups excluding carboxylic acids is 2. The van der Waals surface area contributed by atoms with Crippen LogP contribution in [0.25, 0.3) is 0 Å². The minimum atomic E-state index is -0.323. The van der Waals surface area contributed by atoms with E-state index in [9.17, 15) is 9.59 Å². The number of anilines is 4. The van der Waals surface area contributed by atoms with Crippen LogP contribution in [0.3, 0.4) is 0 Å². The molecule has 0 N–H and O–H groups in total. The Morgan fingerprint density at radius 3 is 1.24 bits per heavy atom. The van der Waals surface area contributed by atoms with E-state index in [1.807, 2.05) is 13.8 Å². The number of ether oxygens (including phenoxy) is 2. The third kappa shape index (κ3) is 15.7. The summed E-state index contributed by atoms with van der Waals surface area (Å²) in [4.78, 5) is 28.6. The van der Waals surface area contributed by atoms with E-state index in [0.29, 0.717) is 19.4 Å². The van der Waals surface area contributed by atoms with Crippen LogP contribution < -0.4 is 9.80 Å². The minimum Gasteiger partial charge on any atom is -0.466 e. The highest BCUT2D eigenvalue weighted by molar-refractivity contribution is 5.93. The number of carbonyl (C=O) groups is 2. The fourth-order valence-electron chi connectivity index (χ4n) is 7.31. The van der Waals surface area contributed by atoms with Gasteiger partial charge < -0.3 is 24.1 Å². The summed E-state index contributed by atoms with van der Waals surface area (Å²) >= 11 is 0. The van der Waals surface area contributed by atoms with Crippen LogP contribution in [0.2, 0.25) is 0 Å². The SMILES string of the molecule is COCCCCCCCCCCCN1c2ccccc2N(CCCCCCCCCCCOC(=O)CC(C)(C)CC(C)=O)c2ccccc21. The van der Waals surface area contributed by atoms with E-state index in [4.69, 9.17) is 9.47 Å². The molecule has 2 aromatic rings. The Kier molecular flexibility index (Phi) is 19.5. The summed E-state index contributed by atoms with van der Waals surface area (Å²) in [5, 5.41) is 0. The zero-order chi connectivity index (χ0) is 35.2. The first kappa shape index (κ1) is 40.6. The second kappa shape index (κ2) is 23.5. The number of methoxy groups -OCH3 is 1. The molecule has 0 aromatic heterocycles. The Labute approximate surface area is 299 Å². The Morgan fingerprint density at radius 1 is 0.531 bits per heavy atom. The third-order valence-electron chi connectivity index (χ3n) is 9.80. The highest BCUT2D eigenvalue weighted by atomic mass is 16.5. The second-order valence-corrected chi connectivity index (χ2v) is 15.1. The lowest BCUT2D eigenvalue weighted by molar-refractivity contribution is -0.146. The fraction of sp³-hybridized carbons (Fsp3) is 0.674. The molecule has 0 fully saturated rings.